The van der Waals surface area contributed by atoms with Crippen LogP contribution in [0.2, 0.25) is 5.02 Å². The van der Waals surface area contributed by atoms with Crippen LogP contribution in [0.3, 0.4) is 0 Å². The predicted octanol–water partition coefficient (Wildman–Crippen LogP) is 3.34. The number of amides is 1. The van der Waals surface area contributed by atoms with Crippen LogP contribution in [0.15, 0.2) is 53.3 Å². The van der Waals surface area contributed by atoms with Crippen molar-refractivity contribution in [1.29, 1.82) is 0 Å². The number of nitrogens with zero attached hydrogens (tertiary/aromatic N) is 2. The Labute approximate surface area is 140 Å². The van der Waals surface area contributed by atoms with Crippen LogP contribution in [-0.2, 0) is 0 Å². The molecule has 0 radical (unpaired) electrons. The first-order valence-corrected chi connectivity index (χ1v) is 7.14. The van der Waals surface area contributed by atoms with Gasteiger partial charge in [-0.15, -0.1) is 0 Å². The number of hydrogen-bond donors (Lipinski definition) is 2. The molecular formula is C16H10ClN3O4. The maximum absolute atomic E-state index is 12.2. The number of hydrogen-bond acceptors (Lipinski definition) is 5. The van der Waals surface area contributed by atoms with Gasteiger partial charge in [-0.25, -0.2) is 4.79 Å². The Bertz CT molecular complexity index is 891. The van der Waals surface area contributed by atoms with Gasteiger partial charge in [0.1, 0.15) is 5.69 Å². The van der Waals surface area contributed by atoms with Gasteiger partial charge in [0.2, 0.25) is 5.88 Å². The standard InChI is InChI=1S/C16H10ClN3O4/c17-11-3-1-10(2-4-11)14(21)19-15-12(16(22)23)13(20-24-15)9-5-7-18-8-6-9/h1-8H,(H,19,21)(H,22,23). The molecule has 3 rings (SSSR count). The van der Waals surface area contributed by atoms with Crippen molar-refractivity contribution in [1.82, 2.24) is 10.1 Å². The predicted molar refractivity (Wildman–Crippen MR) is 86.1 cm³/mol. The summed E-state index contributed by atoms with van der Waals surface area (Å²) in [7, 11) is 0. The van der Waals surface area contributed by atoms with Crippen LogP contribution in [0.4, 0.5) is 5.88 Å². The topological polar surface area (TPSA) is 105 Å². The summed E-state index contributed by atoms with van der Waals surface area (Å²) < 4.78 is 5.02. The number of aromatic nitrogens is 2. The van der Waals surface area contributed by atoms with E-state index in [0.29, 0.717) is 16.1 Å². The van der Waals surface area contributed by atoms with Crippen LogP contribution >= 0.6 is 11.6 Å². The number of benzene rings is 1. The second-order valence-electron chi connectivity index (χ2n) is 4.74. The second kappa shape index (κ2) is 6.51. The quantitative estimate of drug-likeness (QED) is 0.752. The first-order chi connectivity index (χ1) is 11.6. The Kier molecular flexibility index (Phi) is 4.26. The maximum atomic E-state index is 12.2. The monoisotopic (exact) mass is 343 g/mol. The van der Waals surface area contributed by atoms with Crippen LogP contribution in [0.25, 0.3) is 11.3 Å². The minimum Gasteiger partial charge on any atom is -0.477 e. The van der Waals surface area contributed by atoms with E-state index in [1.54, 1.807) is 24.3 Å². The highest BCUT2D eigenvalue weighted by atomic mass is 35.5. The molecule has 3 aromatic rings. The number of anilines is 1. The van der Waals surface area contributed by atoms with Crippen molar-refractivity contribution in [3.8, 4) is 11.3 Å². The zero-order chi connectivity index (χ0) is 17.1. The molecule has 2 N–H and O–H groups in total. The van der Waals surface area contributed by atoms with Gasteiger partial charge in [-0.2, -0.15) is 0 Å². The molecule has 0 spiro atoms. The van der Waals surface area contributed by atoms with Gasteiger partial charge >= 0.3 is 5.97 Å². The Hall–Kier alpha value is -3.19. The van der Waals surface area contributed by atoms with Crippen molar-refractivity contribution in [2.45, 2.75) is 0 Å². The van der Waals surface area contributed by atoms with E-state index in [-0.39, 0.29) is 17.1 Å². The molecule has 0 aliphatic rings. The summed E-state index contributed by atoms with van der Waals surface area (Å²) >= 11 is 5.77. The molecule has 0 fully saturated rings. The normalized spacial score (nSPS) is 10.4. The average Bonchev–Trinajstić information content (AvgIpc) is 3.00. The zero-order valence-electron chi connectivity index (χ0n) is 12.1. The fourth-order valence-electron chi connectivity index (χ4n) is 2.06. The molecule has 0 aliphatic heterocycles. The van der Waals surface area contributed by atoms with E-state index in [2.05, 4.69) is 15.5 Å². The van der Waals surface area contributed by atoms with E-state index in [4.69, 9.17) is 16.1 Å². The highest BCUT2D eigenvalue weighted by molar-refractivity contribution is 6.30. The molecule has 24 heavy (non-hydrogen) atoms. The number of halogens is 1. The fourth-order valence-corrected chi connectivity index (χ4v) is 2.18. The van der Waals surface area contributed by atoms with Crippen LogP contribution in [0.1, 0.15) is 20.7 Å². The molecule has 0 saturated heterocycles. The summed E-state index contributed by atoms with van der Waals surface area (Å²) in [6.07, 6.45) is 3.00. The first-order valence-electron chi connectivity index (χ1n) is 6.76. The second-order valence-corrected chi connectivity index (χ2v) is 5.17. The van der Waals surface area contributed by atoms with E-state index < -0.39 is 11.9 Å². The third-order valence-corrected chi connectivity index (χ3v) is 3.45. The molecule has 1 amide bonds. The number of pyridine rings is 1. The summed E-state index contributed by atoms with van der Waals surface area (Å²) in [6.45, 7) is 0. The lowest BCUT2D eigenvalue weighted by Crippen LogP contribution is -2.13. The largest absolute Gasteiger partial charge is 0.477 e. The number of aromatic carboxylic acids is 1. The van der Waals surface area contributed by atoms with Crippen molar-refractivity contribution in [2.75, 3.05) is 5.32 Å². The van der Waals surface area contributed by atoms with Crippen LogP contribution < -0.4 is 5.32 Å². The number of nitrogens with one attached hydrogen (secondary N) is 1. The molecule has 7 nitrogen and oxygen atoms in total. The lowest BCUT2D eigenvalue weighted by atomic mass is 10.1. The van der Waals surface area contributed by atoms with E-state index in [9.17, 15) is 14.7 Å². The Balaban J connectivity index is 1.94. The Morgan fingerprint density at radius 3 is 2.38 bits per heavy atom. The van der Waals surface area contributed by atoms with Gasteiger partial charge in [0.25, 0.3) is 5.91 Å². The summed E-state index contributed by atoms with van der Waals surface area (Å²) in [4.78, 5) is 27.6. The number of carbonyl (C=O) groups excluding carboxylic acids is 1. The first kappa shape index (κ1) is 15.7. The van der Waals surface area contributed by atoms with E-state index >= 15 is 0 Å². The maximum Gasteiger partial charge on any atom is 0.343 e. The van der Waals surface area contributed by atoms with Crippen LogP contribution in [0.5, 0.6) is 0 Å². The van der Waals surface area contributed by atoms with E-state index in [1.165, 1.54) is 24.5 Å². The van der Waals surface area contributed by atoms with Crippen molar-refractivity contribution in [2.24, 2.45) is 0 Å². The van der Waals surface area contributed by atoms with Crippen LogP contribution in [0, 0.1) is 0 Å². The summed E-state index contributed by atoms with van der Waals surface area (Å²) in [5, 5.41) is 16.1. The number of carboxylic acids is 1. The average molecular weight is 344 g/mol. The van der Waals surface area contributed by atoms with E-state index in [0.717, 1.165) is 0 Å². The minimum absolute atomic E-state index is 0.108. The van der Waals surface area contributed by atoms with Gasteiger partial charge in [-0.05, 0) is 36.4 Å². The molecule has 2 heterocycles. The Morgan fingerprint density at radius 1 is 1.08 bits per heavy atom. The molecule has 0 atom stereocenters. The summed E-state index contributed by atoms with van der Waals surface area (Å²) in [5.74, 6) is -2.05. The number of rotatable bonds is 4. The molecule has 0 aliphatic carbocycles. The smallest absolute Gasteiger partial charge is 0.343 e. The zero-order valence-corrected chi connectivity index (χ0v) is 12.8. The lowest BCUT2D eigenvalue weighted by Gasteiger charge is -2.03. The van der Waals surface area contributed by atoms with E-state index in [1.807, 2.05) is 0 Å². The Morgan fingerprint density at radius 2 is 1.75 bits per heavy atom. The minimum atomic E-state index is -1.27. The van der Waals surface area contributed by atoms with Gasteiger partial charge < -0.3 is 9.63 Å². The summed E-state index contributed by atoms with van der Waals surface area (Å²) in [5.41, 5.74) is 0.690. The SMILES string of the molecule is O=C(Nc1onc(-c2ccncc2)c1C(=O)O)c1ccc(Cl)cc1. The van der Waals surface area contributed by atoms with Crippen molar-refractivity contribution >= 4 is 29.4 Å². The molecule has 0 unspecified atom stereocenters. The van der Waals surface area contributed by atoms with Gasteiger partial charge in [-0.1, -0.05) is 16.8 Å². The highest BCUT2D eigenvalue weighted by Crippen LogP contribution is 2.28. The van der Waals surface area contributed by atoms with Crippen molar-refractivity contribution < 1.29 is 19.2 Å². The molecule has 0 bridgehead atoms. The fraction of sp³-hybridized carbons (Fsp3) is 0. The van der Waals surface area contributed by atoms with Gasteiger partial charge in [0.05, 0.1) is 0 Å². The third-order valence-electron chi connectivity index (χ3n) is 3.19. The van der Waals surface area contributed by atoms with Crippen LogP contribution in [-0.4, -0.2) is 27.1 Å². The molecule has 120 valence electrons. The van der Waals surface area contributed by atoms with Gasteiger partial charge in [-0.3, -0.25) is 15.1 Å². The number of carboxylic acid groups (broad SMARTS) is 1. The third kappa shape index (κ3) is 3.11. The molecule has 0 saturated carbocycles. The lowest BCUT2D eigenvalue weighted by molar-refractivity contribution is 0.0698. The van der Waals surface area contributed by atoms with Gasteiger partial charge in [0, 0.05) is 28.5 Å². The van der Waals surface area contributed by atoms with Gasteiger partial charge in [0.15, 0.2) is 5.56 Å². The molecular weight excluding hydrogens is 334 g/mol. The van der Waals surface area contributed by atoms with Crippen molar-refractivity contribution in [3.05, 3.63) is 64.9 Å². The molecule has 8 heteroatoms. The molecule has 2 aromatic heterocycles. The highest BCUT2D eigenvalue weighted by Gasteiger charge is 2.25. The summed E-state index contributed by atoms with van der Waals surface area (Å²) in [6, 6.07) is 9.31. The molecule has 1 aromatic carbocycles. The van der Waals surface area contributed by atoms with Crippen molar-refractivity contribution in [3.63, 3.8) is 0 Å². The number of carbonyl (C=O) groups is 2.